The second-order valence-electron chi connectivity index (χ2n) is 8.10. The predicted octanol–water partition coefficient (Wildman–Crippen LogP) is 5.19. The van der Waals surface area contributed by atoms with Crippen molar-refractivity contribution in [1.29, 1.82) is 0 Å². The third-order valence-corrected chi connectivity index (χ3v) is 6.03. The first kappa shape index (κ1) is 12.7. The van der Waals surface area contributed by atoms with E-state index in [9.17, 15) is 0 Å². The zero-order valence-electron chi connectivity index (χ0n) is 12.9. The molecule has 0 aromatic heterocycles. The summed E-state index contributed by atoms with van der Waals surface area (Å²) in [7, 11) is 0. The minimum atomic E-state index is 0.439. The summed E-state index contributed by atoms with van der Waals surface area (Å²) in [6, 6.07) is 9.20. The molecule has 0 atom stereocenters. The smallest absolute Gasteiger partial charge is 0.0381 e. The normalized spacial score (nSPS) is 38.5. The Kier molecular flexibility index (Phi) is 2.87. The van der Waals surface area contributed by atoms with Crippen LogP contribution in [-0.2, 0) is 0 Å². The molecular weight excluding hydrogens is 242 g/mol. The van der Waals surface area contributed by atoms with Crippen LogP contribution in [0.3, 0.4) is 0 Å². The maximum atomic E-state index is 3.95. The summed E-state index contributed by atoms with van der Waals surface area (Å²) in [5.41, 5.74) is 3.23. The highest BCUT2D eigenvalue weighted by Crippen LogP contribution is 2.56. The Hall–Kier alpha value is -0.980. The largest absolute Gasteiger partial charge is 0.380 e. The van der Waals surface area contributed by atoms with E-state index in [1.807, 2.05) is 0 Å². The molecule has 0 amide bonds. The molecule has 0 spiro atoms. The Balaban J connectivity index is 1.53. The standard InChI is InChI=1S/C19H27N/c1-13(2)17-3-5-18(6-4-17)20-19-10-14-7-15(11-19)9-16(8-14)12-19/h3-6,13-16,20H,7-12H2,1-2H3. The minimum absolute atomic E-state index is 0.439. The Morgan fingerprint density at radius 1 is 0.900 bits per heavy atom. The molecule has 1 N–H and O–H groups in total. The molecule has 1 aromatic carbocycles. The van der Waals surface area contributed by atoms with Gasteiger partial charge in [0.1, 0.15) is 0 Å². The molecular formula is C19H27N. The molecule has 20 heavy (non-hydrogen) atoms. The van der Waals surface area contributed by atoms with Gasteiger partial charge in [0.05, 0.1) is 0 Å². The van der Waals surface area contributed by atoms with Crippen LogP contribution in [0, 0.1) is 17.8 Å². The van der Waals surface area contributed by atoms with Crippen molar-refractivity contribution in [2.75, 3.05) is 5.32 Å². The van der Waals surface area contributed by atoms with E-state index < -0.39 is 0 Å². The van der Waals surface area contributed by atoms with Gasteiger partial charge in [-0.25, -0.2) is 0 Å². The SMILES string of the molecule is CC(C)c1ccc(NC23CC4CC(CC(C4)C2)C3)cc1. The molecule has 0 unspecified atom stereocenters. The molecule has 1 nitrogen and oxygen atoms in total. The van der Waals surface area contributed by atoms with Crippen LogP contribution in [0.5, 0.6) is 0 Å². The van der Waals surface area contributed by atoms with Gasteiger partial charge < -0.3 is 5.32 Å². The van der Waals surface area contributed by atoms with Crippen LogP contribution in [0.1, 0.15) is 63.9 Å². The fourth-order valence-corrected chi connectivity index (χ4v) is 5.52. The van der Waals surface area contributed by atoms with Crippen molar-refractivity contribution in [2.45, 2.75) is 63.8 Å². The molecule has 4 fully saturated rings. The topological polar surface area (TPSA) is 12.0 Å². The van der Waals surface area contributed by atoms with Gasteiger partial charge in [-0.15, -0.1) is 0 Å². The lowest BCUT2D eigenvalue weighted by Crippen LogP contribution is -2.54. The Morgan fingerprint density at radius 3 is 1.85 bits per heavy atom. The van der Waals surface area contributed by atoms with Gasteiger partial charge in [-0.2, -0.15) is 0 Å². The van der Waals surface area contributed by atoms with Crippen LogP contribution in [0.2, 0.25) is 0 Å². The second kappa shape index (κ2) is 4.51. The maximum Gasteiger partial charge on any atom is 0.0381 e. The van der Waals surface area contributed by atoms with Crippen molar-refractivity contribution in [2.24, 2.45) is 17.8 Å². The van der Waals surface area contributed by atoms with Crippen LogP contribution >= 0.6 is 0 Å². The Bertz CT molecular complexity index is 450. The van der Waals surface area contributed by atoms with Crippen molar-refractivity contribution in [1.82, 2.24) is 0 Å². The van der Waals surface area contributed by atoms with Gasteiger partial charge in [0.15, 0.2) is 0 Å². The summed E-state index contributed by atoms with van der Waals surface area (Å²) in [5, 5.41) is 3.95. The van der Waals surface area contributed by atoms with Crippen molar-refractivity contribution < 1.29 is 0 Å². The Labute approximate surface area is 123 Å². The molecule has 0 radical (unpaired) electrons. The van der Waals surface area contributed by atoms with Gasteiger partial charge in [-0.1, -0.05) is 26.0 Å². The quantitative estimate of drug-likeness (QED) is 0.796. The number of nitrogens with one attached hydrogen (secondary N) is 1. The zero-order valence-corrected chi connectivity index (χ0v) is 12.9. The van der Waals surface area contributed by atoms with E-state index >= 15 is 0 Å². The number of rotatable bonds is 3. The van der Waals surface area contributed by atoms with Crippen LogP contribution in [0.25, 0.3) is 0 Å². The molecule has 4 aliphatic carbocycles. The molecule has 4 aliphatic rings. The molecule has 1 aromatic rings. The molecule has 5 rings (SSSR count). The summed E-state index contributed by atoms with van der Waals surface area (Å²) in [5.74, 6) is 3.68. The lowest BCUT2D eigenvalue weighted by molar-refractivity contribution is 0.0107. The first-order valence-electron chi connectivity index (χ1n) is 8.50. The molecule has 4 saturated carbocycles. The summed E-state index contributed by atoms with van der Waals surface area (Å²) in [6.07, 6.45) is 8.83. The van der Waals surface area contributed by atoms with E-state index in [1.54, 1.807) is 0 Å². The van der Waals surface area contributed by atoms with E-state index in [1.165, 1.54) is 49.8 Å². The van der Waals surface area contributed by atoms with Crippen LogP contribution in [-0.4, -0.2) is 5.54 Å². The highest BCUT2D eigenvalue weighted by Gasteiger charge is 2.50. The van der Waals surface area contributed by atoms with E-state index in [4.69, 9.17) is 0 Å². The number of benzene rings is 1. The van der Waals surface area contributed by atoms with Gasteiger partial charge in [0.2, 0.25) is 0 Å². The Morgan fingerprint density at radius 2 is 1.40 bits per heavy atom. The average molecular weight is 269 g/mol. The predicted molar refractivity (Wildman–Crippen MR) is 85.1 cm³/mol. The third-order valence-electron chi connectivity index (χ3n) is 6.03. The van der Waals surface area contributed by atoms with E-state index in [2.05, 4.69) is 43.4 Å². The first-order valence-corrected chi connectivity index (χ1v) is 8.50. The fourth-order valence-electron chi connectivity index (χ4n) is 5.52. The first-order chi connectivity index (χ1) is 9.62. The molecule has 0 saturated heterocycles. The molecule has 0 aliphatic heterocycles. The van der Waals surface area contributed by atoms with Crippen molar-refractivity contribution in [3.63, 3.8) is 0 Å². The lowest BCUT2D eigenvalue weighted by atomic mass is 9.53. The molecule has 4 bridgehead atoms. The molecule has 108 valence electrons. The van der Waals surface area contributed by atoms with Crippen LogP contribution in [0.4, 0.5) is 5.69 Å². The van der Waals surface area contributed by atoms with Gasteiger partial charge in [0.25, 0.3) is 0 Å². The van der Waals surface area contributed by atoms with E-state index in [0.29, 0.717) is 11.5 Å². The van der Waals surface area contributed by atoms with Gasteiger partial charge in [-0.05, 0) is 79.9 Å². The van der Waals surface area contributed by atoms with Crippen molar-refractivity contribution in [3.05, 3.63) is 29.8 Å². The lowest BCUT2D eigenvalue weighted by Gasteiger charge is -2.57. The van der Waals surface area contributed by atoms with Gasteiger partial charge >= 0.3 is 0 Å². The van der Waals surface area contributed by atoms with Crippen molar-refractivity contribution >= 4 is 5.69 Å². The van der Waals surface area contributed by atoms with Crippen LogP contribution < -0.4 is 5.32 Å². The van der Waals surface area contributed by atoms with Crippen molar-refractivity contribution in [3.8, 4) is 0 Å². The number of anilines is 1. The number of hydrogen-bond donors (Lipinski definition) is 1. The molecule has 1 heteroatoms. The van der Waals surface area contributed by atoms with Gasteiger partial charge in [0, 0.05) is 11.2 Å². The average Bonchev–Trinajstić information content (AvgIpc) is 2.37. The van der Waals surface area contributed by atoms with Gasteiger partial charge in [-0.3, -0.25) is 0 Å². The third kappa shape index (κ3) is 2.16. The van der Waals surface area contributed by atoms with E-state index in [0.717, 1.165) is 17.8 Å². The second-order valence-corrected chi connectivity index (χ2v) is 8.10. The summed E-state index contributed by atoms with van der Waals surface area (Å²) < 4.78 is 0. The maximum absolute atomic E-state index is 3.95. The summed E-state index contributed by atoms with van der Waals surface area (Å²) in [4.78, 5) is 0. The van der Waals surface area contributed by atoms with E-state index in [-0.39, 0.29) is 0 Å². The zero-order chi connectivity index (χ0) is 13.7. The summed E-state index contributed by atoms with van der Waals surface area (Å²) in [6.45, 7) is 4.53. The highest BCUT2D eigenvalue weighted by atomic mass is 15.0. The molecule has 0 heterocycles. The highest BCUT2D eigenvalue weighted by molar-refractivity contribution is 5.48. The fraction of sp³-hybridized carbons (Fsp3) is 0.684. The van der Waals surface area contributed by atoms with Crippen LogP contribution in [0.15, 0.2) is 24.3 Å². The summed E-state index contributed by atoms with van der Waals surface area (Å²) >= 11 is 0. The number of hydrogen-bond acceptors (Lipinski definition) is 1. The monoisotopic (exact) mass is 269 g/mol. The minimum Gasteiger partial charge on any atom is -0.380 e.